The third-order valence-electron chi connectivity index (χ3n) is 4.35. The van der Waals surface area contributed by atoms with Crippen molar-refractivity contribution in [3.8, 4) is 0 Å². The van der Waals surface area contributed by atoms with E-state index in [1.54, 1.807) is 0 Å². The molecule has 0 saturated heterocycles. The van der Waals surface area contributed by atoms with Crippen LogP contribution in [0, 0.1) is 0 Å². The molecule has 0 atom stereocenters. The van der Waals surface area contributed by atoms with Gasteiger partial charge < -0.3 is 15.1 Å². The second-order valence-corrected chi connectivity index (χ2v) is 5.56. The number of anilines is 1. The average Bonchev–Trinajstić information content (AvgIpc) is 2.49. The molecule has 1 aromatic carbocycles. The van der Waals surface area contributed by atoms with Crippen molar-refractivity contribution in [1.82, 2.24) is 0 Å². The summed E-state index contributed by atoms with van der Waals surface area (Å²) in [5, 5.41) is 18.4. The van der Waals surface area contributed by atoms with Gasteiger partial charge in [0.2, 0.25) is 0 Å². The molecule has 2 rings (SSSR count). The molecule has 0 unspecified atom stereocenters. The quantitative estimate of drug-likeness (QED) is 0.858. The van der Waals surface area contributed by atoms with Gasteiger partial charge in [0.05, 0.1) is 19.3 Å². The van der Waals surface area contributed by atoms with E-state index in [-0.39, 0.29) is 19.3 Å². The molecule has 3 nitrogen and oxygen atoms in total. The molecule has 0 heterocycles. The summed E-state index contributed by atoms with van der Waals surface area (Å²) < 4.78 is 0. The first-order valence-corrected chi connectivity index (χ1v) is 7.30. The Morgan fingerprint density at radius 2 is 1.63 bits per heavy atom. The summed E-state index contributed by atoms with van der Waals surface area (Å²) in [6.07, 6.45) is 6.70. The van der Waals surface area contributed by atoms with E-state index in [4.69, 9.17) is 0 Å². The van der Waals surface area contributed by atoms with Crippen molar-refractivity contribution in [1.29, 1.82) is 0 Å². The lowest BCUT2D eigenvalue weighted by Gasteiger charge is -2.28. The molecule has 0 bridgehead atoms. The van der Waals surface area contributed by atoms with Crippen LogP contribution in [0.4, 0.5) is 5.69 Å². The normalized spacial score (nSPS) is 16.8. The molecule has 0 spiro atoms. The molecule has 1 aliphatic rings. The molecule has 1 saturated carbocycles. The van der Waals surface area contributed by atoms with Crippen LogP contribution < -0.4 is 4.90 Å². The van der Waals surface area contributed by atoms with Gasteiger partial charge in [0.15, 0.2) is 0 Å². The molecule has 1 fully saturated rings. The van der Waals surface area contributed by atoms with Gasteiger partial charge in [0.1, 0.15) is 0 Å². The Labute approximate surface area is 115 Å². The van der Waals surface area contributed by atoms with Crippen LogP contribution in [0.25, 0.3) is 0 Å². The van der Waals surface area contributed by atoms with Gasteiger partial charge in [-0.25, -0.2) is 0 Å². The van der Waals surface area contributed by atoms with Crippen molar-refractivity contribution in [2.75, 3.05) is 25.2 Å². The van der Waals surface area contributed by atoms with Gasteiger partial charge in [-0.2, -0.15) is 0 Å². The van der Waals surface area contributed by atoms with Crippen molar-refractivity contribution in [2.24, 2.45) is 0 Å². The van der Waals surface area contributed by atoms with Gasteiger partial charge in [-0.1, -0.05) is 31.4 Å². The number of rotatable bonds is 5. The first-order valence-electron chi connectivity index (χ1n) is 7.30. The Morgan fingerprint density at radius 1 is 1.05 bits per heavy atom. The number of nitrogens with zero attached hydrogens (tertiary/aromatic N) is 1. The van der Waals surface area contributed by atoms with Crippen molar-refractivity contribution in [3.63, 3.8) is 0 Å². The molecular formula is C16H25NO2. The average molecular weight is 263 g/mol. The number of hydrogen-bond acceptors (Lipinski definition) is 3. The van der Waals surface area contributed by atoms with E-state index in [1.165, 1.54) is 37.7 Å². The molecule has 0 aromatic heterocycles. The summed E-state index contributed by atoms with van der Waals surface area (Å²) in [7, 11) is 1.91. The maximum Gasteiger partial charge on any atom is 0.0748 e. The number of likely N-dealkylation sites (N-methyl/N-ethyl adjacent to an activating group) is 1. The summed E-state index contributed by atoms with van der Waals surface area (Å²) in [5.41, 5.74) is 2.48. The number of benzene rings is 1. The zero-order chi connectivity index (χ0) is 13.7. The molecule has 1 aromatic rings. The van der Waals surface area contributed by atoms with Crippen LogP contribution in [-0.2, 0) is 0 Å². The number of hydrogen-bond donors (Lipinski definition) is 2. The predicted octanol–water partition coefficient (Wildman–Crippen LogP) is 2.52. The van der Waals surface area contributed by atoms with E-state index in [1.807, 2.05) is 11.9 Å². The second kappa shape index (κ2) is 6.92. The second-order valence-electron chi connectivity index (χ2n) is 5.56. The molecule has 19 heavy (non-hydrogen) atoms. The topological polar surface area (TPSA) is 43.7 Å². The van der Waals surface area contributed by atoms with Gasteiger partial charge in [-0.05, 0) is 36.5 Å². The van der Waals surface area contributed by atoms with Crippen molar-refractivity contribution in [3.05, 3.63) is 29.8 Å². The summed E-state index contributed by atoms with van der Waals surface area (Å²) in [5.74, 6) is 0.722. The van der Waals surface area contributed by atoms with E-state index in [2.05, 4.69) is 24.3 Å². The predicted molar refractivity (Wildman–Crippen MR) is 78.6 cm³/mol. The third kappa shape index (κ3) is 3.48. The van der Waals surface area contributed by atoms with Crippen LogP contribution in [0.5, 0.6) is 0 Å². The maximum absolute atomic E-state index is 9.21. The number of aliphatic hydroxyl groups is 2. The van der Waals surface area contributed by atoms with Crippen molar-refractivity contribution in [2.45, 2.75) is 44.1 Å². The Bertz CT molecular complexity index is 367. The fourth-order valence-corrected chi connectivity index (χ4v) is 2.93. The smallest absolute Gasteiger partial charge is 0.0748 e. The monoisotopic (exact) mass is 263 g/mol. The minimum absolute atomic E-state index is 0.0304. The molecule has 0 radical (unpaired) electrons. The van der Waals surface area contributed by atoms with Gasteiger partial charge in [0, 0.05) is 12.7 Å². The molecule has 0 amide bonds. The summed E-state index contributed by atoms with van der Waals surface area (Å²) >= 11 is 0. The highest BCUT2D eigenvalue weighted by atomic mass is 16.3. The Hall–Kier alpha value is -1.06. The summed E-state index contributed by atoms with van der Waals surface area (Å²) in [6, 6.07) is 8.38. The highest BCUT2D eigenvalue weighted by molar-refractivity contribution is 5.48. The first-order chi connectivity index (χ1) is 9.26. The zero-order valence-electron chi connectivity index (χ0n) is 11.8. The van der Waals surface area contributed by atoms with E-state index >= 15 is 0 Å². The molecule has 1 aliphatic carbocycles. The van der Waals surface area contributed by atoms with Crippen molar-refractivity contribution >= 4 is 5.69 Å². The molecule has 3 heteroatoms. The first kappa shape index (κ1) is 14.4. The lowest BCUT2D eigenvalue weighted by Crippen LogP contribution is -2.37. The van der Waals surface area contributed by atoms with Gasteiger partial charge in [-0.3, -0.25) is 0 Å². The van der Waals surface area contributed by atoms with Crippen LogP contribution in [0.2, 0.25) is 0 Å². The van der Waals surface area contributed by atoms with E-state index < -0.39 is 0 Å². The largest absolute Gasteiger partial charge is 0.394 e. The fraction of sp³-hybridized carbons (Fsp3) is 0.625. The van der Waals surface area contributed by atoms with Crippen LogP contribution in [0.3, 0.4) is 0 Å². The van der Waals surface area contributed by atoms with Gasteiger partial charge in [-0.15, -0.1) is 0 Å². The summed E-state index contributed by atoms with van der Waals surface area (Å²) in [4.78, 5) is 1.94. The van der Waals surface area contributed by atoms with Crippen LogP contribution in [0.15, 0.2) is 24.3 Å². The standard InChI is InChI=1S/C16H25NO2/c1-17(16(11-18)12-19)15-9-7-14(8-10-15)13-5-3-2-4-6-13/h7-10,13,16,18-19H,2-6,11-12H2,1H3. The minimum Gasteiger partial charge on any atom is -0.394 e. The van der Waals surface area contributed by atoms with Gasteiger partial charge >= 0.3 is 0 Å². The van der Waals surface area contributed by atoms with Crippen LogP contribution in [0.1, 0.15) is 43.6 Å². The molecule has 0 aliphatic heterocycles. The Balaban J connectivity index is 2.04. The lowest BCUT2D eigenvalue weighted by molar-refractivity contribution is 0.191. The molecule has 2 N–H and O–H groups in total. The molecular weight excluding hydrogens is 238 g/mol. The van der Waals surface area contributed by atoms with E-state index in [9.17, 15) is 10.2 Å². The SMILES string of the molecule is CN(c1ccc(C2CCCCC2)cc1)C(CO)CO. The maximum atomic E-state index is 9.21. The summed E-state index contributed by atoms with van der Waals surface area (Å²) in [6.45, 7) is -0.0608. The Kier molecular flexibility index (Phi) is 5.23. The van der Waals surface area contributed by atoms with Crippen LogP contribution >= 0.6 is 0 Å². The van der Waals surface area contributed by atoms with Crippen molar-refractivity contribution < 1.29 is 10.2 Å². The van der Waals surface area contributed by atoms with Gasteiger partial charge in [0.25, 0.3) is 0 Å². The molecule has 106 valence electrons. The Morgan fingerprint density at radius 3 is 2.16 bits per heavy atom. The minimum atomic E-state index is -0.222. The highest BCUT2D eigenvalue weighted by Crippen LogP contribution is 2.33. The highest BCUT2D eigenvalue weighted by Gasteiger charge is 2.17. The van der Waals surface area contributed by atoms with E-state index in [0.717, 1.165) is 11.6 Å². The van der Waals surface area contributed by atoms with Crippen LogP contribution in [-0.4, -0.2) is 36.5 Å². The van der Waals surface area contributed by atoms with E-state index in [0.29, 0.717) is 0 Å². The number of aliphatic hydroxyl groups excluding tert-OH is 2. The third-order valence-corrected chi connectivity index (χ3v) is 4.35. The zero-order valence-corrected chi connectivity index (χ0v) is 11.8. The fourth-order valence-electron chi connectivity index (χ4n) is 2.93. The lowest BCUT2D eigenvalue weighted by atomic mass is 9.84.